The van der Waals surface area contributed by atoms with Gasteiger partial charge in [-0.15, -0.1) is 0 Å². The minimum atomic E-state index is 0.654. The lowest BCUT2D eigenvalue weighted by atomic mass is 10.0. The predicted molar refractivity (Wildman–Crippen MR) is 72.3 cm³/mol. The Balaban J connectivity index is 2.35. The van der Waals surface area contributed by atoms with Gasteiger partial charge in [0.2, 0.25) is 0 Å². The number of aromatic nitrogens is 1. The zero-order valence-electron chi connectivity index (χ0n) is 9.59. The van der Waals surface area contributed by atoms with Crippen LogP contribution in [0.2, 0.25) is 0 Å². The van der Waals surface area contributed by atoms with Crippen LogP contribution in [0.25, 0.3) is 10.9 Å². The summed E-state index contributed by atoms with van der Waals surface area (Å²) >= 11 is 3.51. The highest BCUT2D eigenvalue weighted by Crippen LogP contribution is 2.32. The lowest BCUT2D eigenvalue weighted by molar-refractivity contribution is 0.110. The first-order valence-corrected chi connectivity index (χ1v) is 6.45. The highest BCUT2D eigenvalue weighted by atomic mass is 79.9. The van der Waals surface area contributed by atoms with E-state index in [0.717, 1.165) is 39.8 Å². The zero-order chi connectivity index (χ0) is 11.8. The number of halogens is 1. The average Bonchev–Trinajstić information content (AvgIpc) is 2.36. The number of nitrogens with zero attached hydrogens (tertiary/aromatic N) is 1. The summed E-state index contributed by atoms with van der Waals surface area (Å²) in [6, 6.07) is 6.18. The van der Waals surface area contributed by atoms with E-state index >= 15 is 0 Å². The van der Waals surface area contributed by atoms with Crippen LogP contribution in [0.1, 0.15) is 11.3 Å². The molecule has 1 aliphatic heterocycles. The summed E-state index contributed by atoms with van der Waals surface area (Å²) in [7, 11) is 1.95. The van der Waals surface area contributed by atoms with Gasteiger partial charge in [0.15, 0.2) is 0 Å². The van der Waals surface area contributed by atoms with E-state index in [1.165, 1.54) is 5.56 Å². The highest BCUT2D eigenvalue weighted by Gasteiger charge is 2.17. The van der Waals surface area contributed by atoms with Gasteiger partial charge in [-0.25, -0.2) is 0 Å². The normalized spacial score (nSPS) is 14.7. The van der Waals surface area contributed by atoms with Crippen molar-refractivity contribution >= 4 is 32.5 Å². The third-order valence-corrected chi connectivity index (χ3v) is 3.61. The van der Waals surface area contributed by atoms with Crippen molar-refractivity contribution < 1.29 is 4.74 Å². The van der Waals surface area contributed by atoms with Crippen LogP contribution < -0.4 is 5.32 Å². The van der Waals surface area contributed by atoms with Crippen molar-refractivity contribution in [3.8, 4) is 0 Å². The van der Waals surface area contributed by atoms with E-state index in [0.29, 0.717) is 6.61 Å². The number of hydrogen-bond acceptors (Lipinski definition) is 3. The number of hydrogen-bond donors (Lipinski definition) is 1. The standard InChI is InChI=1S/C13H13BrN2O/c1-15-13-9-6-8(14)2-3-11(9)16-12-4-5-17-7-10(12)13/h2-3,6H,4-5,7H2,1H3,(H,15,16). The molecule has 0 radical (unpaired) electrons. The van der Waals surface area contributed by atoms with Crippen LogP contribution in [0.3, 0.4) is 0 Å². The Bertz CT molecular complexity index is 583. The molecule has 0 unspecified atom stereocenters. The van der Waals surface area contributed by atoms with Crippen molar-refractivity contribution in [2.24, 2.45) is 0 Å². The zero-order valence-corrected chi connectivity index (χ0v) is 11.2. The van der Waals surface area contributed by atoms with Crippen LogP contribution in [-0.2, 0) is 17.8 Å². The van der Waals surface area contributed by atoms with Gasteiger partial charge in [-0.05, 0) is 18.2 Å². The second-order valence-corrected chi connectivity index (χ2v) is 5.04. The molecule has 2 heterocycles. The van der Waals surface area contributed by atoms with Crippen LogP contribution in [0.5, 0.6) is 0 Å². The topological polar surface area (TPSA) is 34.2 Å². The predicted octanol–water partition coefficient (Wildman–Crippen LogP) is 3.11. The summed E-state index contributed by atoms with van der Waals surface area (Å²) < 4.78 is 6.60. The summed E-state index contributed by atoms with van der Waals surface area (Å²) in [4.78, 5) is 4.72. The van der Waals surface area contributed by atoms with E-state index in [-0.39, 0.29) is 0 Å². The average molecular weight is 293 g/mol. The van der Waals surface area contributed by atoms with Crippen molar-refractivity contribution in [3.05, 3.63) is 33.9 Å². The minimum Gasteiger partial charge on any atom is -0.387 e. The molecule has 2 aromatic rings. The second kappa shape index (κ2) is 4.27. The molecule has 0 atom stereocenters. The van der Waals surface area contributed by atoms with E-state index in [1.54, 1.807) is 0 Å². The maximum absolute atomic E-state index is 5.53. The first-order chi connectivity index (χ1) is 8.29. The van der Waals surface area contributed by atoms with Crippen molar-refractivity contribution in [2.75, 3.05) is 19.0 Å². The van der Waals surface area contributed by atoms with Crippen LogP contribution in [-0.4, -0.2) is 18.6 Å². The number of rotatable bonds is 1. The van der Waals surface area contributed by atoms with Gasteiger partial charge in [0, 0.05) is 28.9 Å². The molecule has 17 heavy (non-hydrogen) atoms. The first-order valence-electron chi connectivity index (χ1n) is 5.66. The fourth-order valence-electron chi connectivity index (χ4n) is 2.32. The molecule has 0 spiro atoms. The lowest BCUT2D eigenvalue weighted by Gasteiger charge is -2.20. The molecule has 0 saturated heterocycles. The molecular weight excluding hydrogens is 280 g/mol. The molecule has 0 fully saturated rings. The van der Waals surface area contributed by atoms with E-state index in [9.17, 15) is 0 Å². The SMILES string of the molecule is CNc1c2c(nc3ccc(Br)cc13)CCOC2. The third-order valence-electron chi connectivity index (χ3n) is 3.11. The quantitative estimate of drug-likeness (QED) is 0.877. The molecule has 1 aliphatic rings. The van der Waals surface area contributed by atoms with Crippen molar-refractivity contribution in [1.29, 1.82) is 0 Å². The fourth-order valence-corrected chi connectivity index (χ4v) is 2.68. The van der Waals surface area contributed by atoms with E-state index in [2.05, 4.69) is 33.4 Å². The Labute approximate surface area is 108 Å². The lowest BCUT2D eigenvalue weighted by Crippen LogP contribution is -2.14. The van der Waals surface area contributed by atoms with Crippen molar-refractivity contribution in [1.82, 2.24) is 4.98 Å². The summed E-state index contributed by atoms with van der Waals surface area (Å²) in [6.07, 6.45) is 0.899. The molecule has 88 valence electrons. The number of benzene rings is 1. The first kappa shape index (κ1) is 11.0. The summed E-state index contributed by atoms with van der Waals surface area (Å²) in [6.45, 7) is 1.42. The minimum absolute atomic E-state index is 0.654. The van der Waals surface area contributed by atoms with Crippen LogP contribution in [0.15, 0.2) is 22.7 Å². The van der Waals surface area contributed by atoms with Crippen molar-refractivity contribution in [3.63, 3.8) is 0 Å². The Hall–Kier alpha value is -1.13. The van der Waals surface area contributed by atoms with Crippen LogP contribution >= 0.6 is 15.9 Å². The van der Waals surface area contributed by atoms with Gasteiger partial charge in [-0.1, -0.05) is 15.9 Å². The smallest absolute Gasteiger partial charge is 0.0755 e. The highest BCUT2D eigenvalue weighted by molar-refractivity contribution is 9.10. The molecule has 0 saturated carbocycles. The van der Waals surface area contributed by atoms with Gasteiger partial charge in [0.25, 0.3) is 0 Å². The number of fused-ring (bicyclic) bond motifs is 2. The molecule has 0 aliphatic carbocycles. The number of anilines is 1. The van der Waals surface area contributed by atoms with Crippen molar-refractivity contribution in [2.45, 2.75) is 13.0 Å². The molecule has 0 amide bonds. The Morgan fingerprint density at radius 1 is 1.41 bits per heavy atom. The van der Waals surface area contributed by atoms with Gasteiger partial charge in [-0.2, -0.15) is 0 Å². The summed E-state index contributed by atoms with van der Waals surface area (Å²) in [5.41, 5.74) is 4.55. The third kappa shape index (κ3) is 1.81. The van der Waals surface area contributed by atoms with E-state index in [4.69, 9.17) is 9.72 Å². The van der Waals surface area contributed by atoms with Crippen LogP contribution in [0, 0.1) is 0 Å². The Morgan fingerprint density at radius 2 is 2.29 bits per heavy atom. The van der Waals surface area contributed by atoms with Crippen LogP contribution in [0.4, 0.5) is 5.69 Å². The monoisotopic (exact) mass is 292 g/mol. The van der Waals surface area contributed by atoms with E-state index < -0.39 is 0 Å². The molecule has 4 heteroatoms. The van der Waals surface area contributed by atoms with Gasteiger partial charge in [-0.3, -0.25) is 4.98 Å². The largest absolute Gasteiger partial charge is 0.387 e. The molecule has 1 N–H and O–H groups in total. The van der Waals surface area contributed by atoms with Gasteiger partial charge < -0.3 is 10.1 Å². The van der Waals surface area contributed by atoms with Gasteiger partial charge in [0.1, 0.15) is 0 Å². The summed E-state index contributed by atoms with van der Waals surface area (Å²) in [5.74, 6) is 0. The maximum atomic E-state index is 5.53. The van der Waals surface area contributed by atoms with Gasteiger partial charge in [0.05, 0.1) is 30.1 Å². The fraction of sp³-hybridized carbons (Fsp3) is 0.308. The Morgan fingerprint density at radius 3 is 3.12 bits per heavy atom. The molecule has 3 rings (SSSR count). The molecular formula is C13H13BrN2O. The van der Waals surface area contributed by atoms with E-state index in [1.807, 2.05) is 13.1 Å². The summed E-state index contributed by atoms with van der Waals surface area (Å²) in [5, 5.41) is 4.43. The van der Waals surface area contributed by atoms with Gasteiger partial charge >= 0.3 is 0 Å². The number of pyridine rings is 1. The molecule has 1 aromatic heterocycles. The number of ether oxygens (including phenoxy) is 1. The molecule has 3 nitrogen and oxygen atoms in total. The molecule has 1 aromatic carbocycles. The molecule has 0 bridgehead atoms. The Kier molecular flexibility index (Phi) is 2.76. The second-order valence-electron chi connectivity index (χ2n) is 4.13. The maximum Gasteiger partial charge on any atom is 0.0755 e. The number of nitrogens with one attached hydrogen (secondary N) is 1.